The highest BCUT2D eigenvalue weighted by molar-refractivity contribution is 5.81. The molecule has 0 atom stereocenters. The van der Waals surface area contributed by atoms with Gasteiger partial charge in [-0.3, -0.25) is 9.78 Å². The van der Waals surface area contributed by atoms with Crippen molar-refractivity contribution in [1.29, 1.82) is 0 Å². The zero-order valence-electron chi connectivity index (χ0n) is 13.4. The van der Waals surface area contributed by atoms with Crippen LogP contribution in [0.25, 0.3) is 27.8 Å². The third kappa shape index (κ3) is 3.78. The lowest BCUT2D eigenvalue weighted by Gasteiger charge is -1.99. The van der Waals surface area contributed by atoms with Gasteiger partial charge in [0.2, 0.25) is 0 Å². The van der Waals surface area contributed by atoms with Crippen LogP contribution in [0.1, 0.15) is 0 Å². The number of aromatic nitrogens is 4. The van der Waals surface area contributed by atoms with Gasteiger partial charge in [0.25, 0.3) is 5.56 Å². The summed E-state index contributed by atoms with van der Waals surface area (Å²) in [7, 11) is 0. The first kappa shape index (κ1) is 18.1. The number of fused-ring (bicyclic) bond motifs is 3. The van der Waals surface area contributed by atoms with Crippen molar-refractivity contribution in [2.75, 3.05) is 0 Å². The zero-order chi connectivity index (χ0) is 19.6. The lowest BCUT2D eigenvalue weighted by molar-refractivity contribution is -0.192. The molecule has 138 valence electrons. The molecule has 0 saturated carbocycles. The number of rotatable bonds is 1. The summed E-state index contributed by atoms with van der Waals surface area (Å²) in [6.07, 6.45) is -1.61. The lowest BCUT2D eigenvalue weighted by atomic mass is 10.2. The van der Waals surface area contributed by atoms with E-state index in [2.05, 4.69) is 15.1 Å². The molecule has 0 fully saturated rings. The number of hydrogen-bond acceptors (Lipinski definition) is 4. The topological polar surface area (TPSA) is 100 Å². The van der Waals surface area contributed by atoms with Gasteiger partial charge in [0.1, 0.15) is 5.65 Å². The van der Waals surface area contributed by atoms with E-state index < -0.39 is 12.1 Å². The Kier molecular flexibility index (Phi) is 4.63. The molecule has 0 aliphatic heterocycles. The number of H-pyrrole nitrogens is 1. The fraction of sp³-hybridized carbons (Fsp3) is 0.0588. The molecule has 0 aliphatic rings. The standard InChI is InChI=1S/C15H10N4O.C2HF3O2/c20-15-11-5-1-2-6-13(11)19-14(17-15)8-12(18-19)10-4-3-7-16-9-10;3-2(4,5)1(6)7/h1-9H,(H,17,20);(H,6,7). The summed E-state index contributed by atoms with van der Waals surface area (Å²) >= 11 is 0. The zero-order valence-corrected chi connectivity index (χ0v) is 13.4. The fourth-order valence-electron chi connectivity index (χ4n) is 2.34. The molecule has 0 bridgehead atoms. The number of nitrogens with zero attached hydrogens (tertiary/aromatic N) is 3. The van der Waals surface area contributed by atoms with Crippen LogP contribution in [0, 0.1) is 0 Å². The largest absolute Gasteiger partial charge is 0.490 e. The average molecular weight is 376 g/mol. The molecular formula is C17H11F3N4O3. The van der Waals surface area contributed by atoms with E-state index in [9.17, 15) is 18.0 Å². The number of carboxylic acid groups (broad SMARTS) is 1. The Balaban J connectivity index is 0.000000260. The van der Waals surface area contributed by atoms with E-state index in [1.807, 2.05) is 36.4 Å². The second-order valence-electron chi connectivity index (χ2n) is 5.34. The summed E-state index contributed by atoms with van der Waals surface area (Å²) in [5, 5.41) is 12.3. The molecule has 1 aromatic carbocycles. The van der Waals surface area contributed by atoms with Crippen LogP contribution in [-0.4, -0.2) is 36.8 Å². The molecule has 3 aromatic heterocycles. The molecule has 4 aromatic rings. The van der Waals surface area contributed by atoms with Crippen LogP contribution in [0.15, 0.2) is 59.7 Å². The van der Waals surface area contributed by atoms with Crippen molar-refractivity contribution < 1.29 is 23.1 Å². The van der Waals surface area contributed by atoms with Gasteiger partial charge in [-0.2, -0.15) is 18.3 Å². The molecule has 3 heterocycles. The Bertz CT molecular complexity index is 1170. The van der Waals surface area contributed by atoms with Crippen molar-refractivity contribution in [3.05, 3.63) is 65.2 Å². The molecule has 0 aliphatic carbocycles. The molecule has 27 heavy (non-hydrogen) atoms. The second kappa shape index (κ2) is 6.90. The van der Waals surface area contributed by atoms with Crippen molar-refractivity contribution in [2.24, 2.45) is 0 Å². The van der Waals surface area contributed by atoms with E-state index in [-0.39, 0.29) is 5.56 Å². The van der Waals surface area contributed by atoms with Crippen molar-refractivity contribution >= 4 is 22.5 Å². The number of aliphatic carboxylic acids is 1. The number of nitrogens with one attached hydrogen (secondary N) is 1. The quantitative estimate of drug-likeness (QED) is 0.532. The third-order valence-corrected chi connectivity index (χ3v) is 3.53. The van der Waals surface area contributed by atoms with Crippen LogP contribution in [0.2, 0.25) is 0 Å². The summed E-state index contributed by atoms with van der Waals surface area (Å²) in [5.41, 5.74) is 3.06. The summed E-state index contributed by atoms with van der Waals surface area (Å²) < 4.78 is 33.5. The van der Waals surface area contributed by atoms with Crippen molar-refractivity contribution in [1.82, 2.24) is 19.6 Å². The van der Waals surface area contributed by atoms with Crippen LogP contribution < -0.4 is 5.56 Å². The minimum absolute atomic E-state index is 0.106. The molecule has 4 rings (SSSR count). The van der Waals surface area contributed by atoms with Crippen LogP contribution >= 0.6 is 0 Å². The highest BCUT2D eigenvalue weighted by Crippen LogP contribution is 2.19. The number of hydrogen-bond donors (Lipinski definition) is 2. The molecule has 0 radical (unpaired) electrons. The van der Waals surface area contributed by atoms with E-state index >= 15 is 0 Å². The molecule has 0 amide bonds. The maximum atomic E-state index is 12.0. The number of carbonyl (C=O) groups is 1. The van der Waals surface area contributed by atoms with Crippen LogP contribution in [0.4, 0.5) is 13.2 Å². The predicted octanol–water partition coefficient (Wildman–Crippen LogP) is 2.87. The van der Waals surface area contributed by atoms with Crippen molar-refractivity contribution in [3.63, 3.8) is 0 Å². The number of alkyl halides is 3. The summed E-state index contributed by atoms with van der Waals surface area (Å²) in [5.74, 6) is -2.76. The highest BCUT2D eigenvalue weighted by atomic mass is 19.4. The Hall–Kier alpha value is -3.69. The molecule has 0 saturated heterocycles. The van der Waals surface area contributed by atoms with Gasteiger partial charge in [0, 0.05) is 24.0 Å². The van der Waals surface area contributed by atoms with E-state index in [0.29, 0.717) is 11.0 Å². The van der Waals surface area contributed by atoms with E-state index in [1.54, 1.807) is 23.0 Å². The Morgan fingerprint density at radius 1 is 1.15 bits per heavy atom. The Morgan fingerprint density at radius 3 is 2.48 bits per heavy atom. The number of benzene rings is 1. The first-order valence-electron chi connectivity index (χ1n) is 7.48. The predicted molar refractivity (Wildman–Crippen MR) is 90.2 cm³/mol. The van der Waals surface area contributed by atoms with Crippen LogP contribution in [0.5, 0.6) is 0 Å². The van der Waals surface area contributed by atoms with Gasteiger partial charge < -0.3 is 10.1 Å². The Labute approximate surface area is 148 Å². The van der Waals surface area contributed by atoms with E-state index in [1.165, 1.54) is 0 Å². The number of pyridine rings is 1. The van der Waals surface area contributed by atoms with E-state index in [0.717, 1.165) is 16.8 Å². The number of carboxylic acids is 1. The normalized spacial score (nSPS) is 11.2. The first-order chi connectivity index (χ1) is 12.8. The molecule has 10 heteroatoms. The summed E-state index contributed by atoms with van der Waals surface area (Å²) in [6.45, 7) is 0. The molecule has 0 unspecified atom stereocenters. The molecule has 2 N–H and O–H groups in total. The monoisotopic (exact) mass is 376 g/mol. The SMILES string of the molecule is O=C(O)C(F)(F)F.O=c1[nH]c2cc(-c3cccnc3)nn2c2ccccc12. The summed E-state index contributed by atoms with van der Waals surface area (Å²) in [4.78, 5) is 27.9. The average Bonchev–Trinajstić information content (AvgIpc) is 3.07. The van der Waals surface area contributed by atoms with Gasteiger partial charge in [-0.25, -0.2) is 9.31 Å². The van der Waals surface area contributed by atoms with Gasteiger partial charge in [-0.05, 0) is 24.3 Å². The highest BCUT2D eigenvalue weighted by Gasteiger charge is 2.38. The van der Waals surface area contributed by atoms with Gasteiger partial charge in [-0.1, -0.05) is 12.1 Å². The van der Waals surface area contributed by atoms with Crippen LogP contribution in [-0.2, 0) is 4.79 Å². The summed E-state index contributed by atoms with van der Waals surface area (Å²) in [6, 6.07) is 13.1. The lowest BCUT2D eigenvalue weighted by Crippen LogP contribution is -2.21. The van der Waals surface area contributed by atoms with E-state index in [4.69, 9.17) is 9.90 Å². The van der Waals surface area contributed by atoms with Crippen LogP contribution in [0.3, 0.4) is 0 Å². The van der Waals surface area contributed by atoms with Gasteiger partial charge in [0.05, 0.1) is 16.6 Å². The number of para-hydroxylation sites is 1. The number of halogens is 3. The number of aromatic amines is 1. The molecule has 7 nitrogen and oxygen atoms in total. The maximum Gasteiger partial charge on any atom is 0.490 e. The molecule has 0 spiro atoms. The molecular weight excluding hydrogens is 365 g/mol. The maximum absolute atomic E-state index is 12.0. The minimum Gasteiger partial charge on any atom is -0.475 e. The third-order valence-electron chi connectivity index (χ3n) is 3.53. The van der Waals surface area contributed by atoms with Crippen molar-refractivity contribution in [2.45, 2.75) is 6.18 Å². The Morgan fingerprint density at radius 2 is 1.85 bits per heavy atom. The second-order valence-corrected chi connectivity index (χ2v) is 5.34. The van der Waals surface area contributed by atoms with Gasteiger partial charge >= 0.3 is 12.1 Å². The first-order valence-corrected chi connectivity index (χ1v) is 7.48. The van der Waals surface area contributed by atoms with Gasteiger partial charge in [-0.15, -0.1) is 0 Å². The minimum atomic E-state index is -5.08. The smallest absolute Gasteiger partial charge is 0.475 e. The van der Waals surface area contributed by atoms with Gasteiger partial charge in [0.15, 0.2) is 0 Å². The fourth-order valence-corrected chi connectivity index (χ4v) is 2.34. The van der Waals surface area contributed by atoms with Crippen molar-refractivity contribution in [3.8, 4) is 11.3 Å².